The van der Waals surface area contributed by atoms with Crippen molar-refractivity contribution in [1.29, 1.82) is 0 Å². The van der Waals surface area contributed by atoms with Crippen LogP contribution >= 0.6 is 11.3 Å². The molecule has 140 valence electrons. The van der Waals surface area contributed by atoms with Crippen molar-refractivity contribution in [2.75, 3.05) is 4.72 Å². The number of primary amides is 1. The lowest BCUT2D eigenvalue weighted by Gasteiger charge is -2.08. The van der Waals surface area contributed by atoms with Gasteiger partial charge in [0.2, 0.25) is 11.8 Å². The standard InChI is InChI=1S/C17H14FN3O4S2/c18-11-1-4-13(5-2-11)25-16-7-3-12(10-20-16)21-27(23,24)17-8-6-14(26-17)9-15(19)22/h1-8,10,21H,9H2,(H2,19,22). The Labute approximate surface area is 158 Å². The Bertz CT molecular complexity index is 1050. The van der Waals surface area contributed by atoms with Crippen molar-refractivity contribution >= 4 is 33.0 Å². The molecule has 0 saturated heterocycles. The Morgan fingerprint density at radius 2 is 1.89 bits per heavy atom. The number of thiophene rings is 1. The number of carbonyl (C=O) groups excluding carboxylic acids is 1. The van der Waals surface area contributed by atoms with Gasteiger partial charge in [-0.15, -0.1) is 11.3 Å². The highest BCUT2D eigenvalue weighted by Crippen LogP contribution is 2.25. The molecule has 0 spiro atoms. The van der Waals surface area contributed by atoms with E-state index in [-0.39, 0.29) is 28.0 Å². The normalized spacial score (nSPS) is 11.1. The van der Waals surface area contributed by atoms with Gasteiger partial charge in [-0.2, -0.15) is 0 Å². The van der Waals surface area contributed by atoms with Crippen LogP contribution in [0.15, 0.2) is 58.9 Å². The molecular formula is C17H14FN3O4S2. The van der Waals surface area contributed by atoms with E-state index >= 15 is 0 Å². The van der Waals surface area contributed by atoms with E-state index in [1.807, 2.05) is 0 Å². The van der Waals surface area contributed by atoms with Crippen molar-refractivity contribution < 1.29 is 22.3 Å². The molecule has 0 aliphatic rings. The summed E-state index contributed by atoms with van der Waals surface area (Å²) in [7, 11) is -3.81. The molecule has 1 amide bonds. The highest BCUT2D eigenvalue weighted by molar-refractivity contribution is 7.94. The molecule has 1 aromatic carbocycles. The SMILES string of the molecule is NC(=O)Cc1ccc(S(=O)(=O)Nc2ccc(Oc3ccc(F)cc3)nc2)s1. The van der Waals surface area contributed by atoms with E-state index in [0.717, 1.165) is 11.3 Å². The van der Waals surface area contributed by atoms with Crippen molar-refractivity contribution in [3.8, 4) is 11.6 Å². The molecule has 0 atom stereocenters. The maximum Gasteiger partial charge on any atom is 0.271 e. The maximum absolute atomic E-state index is 12.9. The summed E-state index contributed by atoms with van der Waals surface area (Å²) >= 11 is 0.966. The Balaban J connectivity index is 1.68. The third-order valence-electron chi connectivity index (χ3n) is 3.27. The van der Waals surface area contributed by atoms with E-state index in [0.29, 0.717) is 10.6 Å². The van der Waals surface area contributed by atoms with Crippen molar-refractivity contribution in [3.63, 3.8) is 0 Å². The number of hydrogen-bond donors (Lipinski definition) is 2. The second-order valence-electron chi connectivity index (χ2n) is 5.41. The zero-order valence-corrected chi connectivity index (χ0v) is 15.4. The summed E-state index contributed by atoms with van der Waals surface area (Å²) in [6, 6.07) is 11.3. The van der Waals surface area contributed by atoms with Gasteiger partial charge in [0.1, 0.15) is 15.8 Å². The van der Waals surface area contributed by atoms with Gasteiger partial charge in [-0.05, 0) is 42.5 Å². The van der Waals surface area contributed by atoms with Gasteiger partial charge in [0.25, 0.3) is 10.0 Å². The topological polar surface area (TPSA) is 111 Å². The predicted molar refractivity (Wildman–Crippen MR) is 98.7 cm³/mol. The average Bonchev–Trinajstić information content (AvgIpc) is 3.07. The van der Waals surface area contributed by atoms with Gasteiger partial charge in [-0.1, -0.05) is 0 Å². The van der Waals surface area contributed by atoms with Crippen molar-refractivity contribution in [3.05, 3.63) is 65.4 Å². The minimum Gasteiger partial charge on any atom is -0.439 e. The van der Waals surface area contributed by atoms with Crippen LogP contribution in [0, 0.1) is 5.82 Å². The zero-order valence-electron chi connectivity index (χ0n) is 13.8. The molecule has 0 saturated carbocycles. The van der Waals surface area contributed by atoms with Crippen molar-refractivity contribution in [2.24, 2.45) is 5.73 Å². The van der Waals surface area contributed by atoms with Crippen LogP contribution in [-0.2, 0) is 21.2 Å². The summed E-state index contributed by atoms with van der Waals surface area (Å²) in [5.41, 5.74) is 5.35. The van der Waals surface area contributed by atoms with E-state index in [1.54, 1.807) is 6.07 Å². The Morgan fingerprint density at radius 3 is 2.52 bits per heavy atom. The number of hydrogen-bond acceptors (Lipinski definition) is 6. The first kappa shape index (κ1) is 18.8. The fourth-order valence-corrected chi connectivity index (χ4v) is 4.51. The lowest BCUT2D eigenvalue weighted by atomic mass is 10.3. The molecule has 10 heteroatoms. The van der Waals surface area contributed by atoms with Gasteiger partial charge < -0.3 is 10.5 Å². The third kappa shape index (κ3) is 5.02. The molecule has 2 aromatic heterocycles. The first-order valence-corrected chi connectivity index (χ1v) is 9.91. The minimum absolute atomic E-state index is 0.0167. The molecule has 0 fully saturated rings. The second-order valence-corrected chi connectivity index (χ2v) is 8.49. The Morgan fingerprint density at radius 1 is 1.15 bits per heavy atom. The van der Waals surface area contributed by atoms with Crippen LogP contribution in [0.25, 0.3) is 0 Å². The Hall–Kier alpha value is -2.98. The summed E-state index contributed by atoms with van der Waals surface area (Å²) in [6.45, 7) is 0. The summed E-state index contributed by atoms with van der Waals surface area (Å²) < 4.78 is 45.6. The number of carbonyl (C=O) groups is 1. The molecule has 0 unspecified atom stereocenters. The van der Waals surface area contributed by atoms with E-state index < -0.39 is 15.9 Å². The molecule has 27 heavy (non-hydrogen) atoms. The van der Waals surface area contributed by atoms with Gasteiger partial charge in [0.05, 0.1) is 18.3 Å². The highest BCUT2D eigenvalue weighted by Gasteiger charge is 2.18. The molecule has 0 aliphatic carbocycles. The molecular weight excluding hydrogens is 393 g/mol. The zero-order chi connectivity index (χ0) is 19.4. The molecule has 0 aliphatic heterocycles. The number of rotatable bonds is 7. The van der Waals surface area contributed by atoms with Crippen LogP contribution in [0.4, 0.5) is 10.1 Å². The number of aromatic nitrogens is 1. The van der Waals surface area contributed by atoms with Gasteiger partial charge in [0.15, 0.2) is 0 Å². The number of halogens is 1. The number of amides is 1. The van der Waals surface area contributed by atoms with Crippen LogP contribution in [0.3, 0.4) is 0 Å². The molecule has 3 rings (SSSR count). The molecule has 0 radical (unpaired) electrons. The van der Waals surface area contributed by atoms with Gasteiger partial charge in [0, 0.05) is 10.9 Å². The maximum atomic E-state index is 12.9. The average molecular weight is 407 g/mol. The number of nitrogens with zero attached hydrogens (tertiary/aromatic N) is 1. The third-order valence-corrected chi connectivity index (χ3v) is 6.23. The number of anilines is 1. The van der Waals surface area contributed by atoms with E-state index in [9.17, 15) is 17.6 Å². The fraction of sp³-hybridized carbons (Fsp3) is 0.0588. The predicted octanol–water partition coefficient (Wildman–Crippen LogP) is 2.90. The number of benzene rings is 1. The van der Waals surface area contributed by atoms with Crippen molar-refractivity contribution in [2.45, 2.75) is 10.6 Å². The van der Waals surface area contributed by atoms with E-state index in [1.165, 1.54) is 48.7 Å². The van der Waals surface area contributed by atoms with Crippen LogP contribution in [0.1, 0.15) is 4.88 Å². The van der Waals surface area contributed by atoms with Gasteiger partial charge in [-0.25, -0.2) is 17.8 Å². The van der Waals surface area contributed by atoms with Crippen LogP contribution in [0.5, 0.6) is 11.6 Å². The summed E-state index contributed by atoms with van der Waals surface area (Å²) in [5.74, 6) is -0.287. The van der Waals surface area contributed by atoms with Crippen LogP contribution in [0.2, 0.25) is 0 Å². The minimum atomic E-state index is -3.81. The first-order chi connectivity index (χ1) is 12.8. The fourth-order valence-electron chi connectivity index (χ4n) is 2.10. The largest absolute Gasteiger partial charge is 0.439 e. The van der Waals surface area contributed by atoms with Gasteiger partial charge >= 0.3 is 0 Å². The smallest absolute Gasteiger partial charge is 0.271 e. The van der Waals surface area contributed by atoms with Crippen LogP contribution < -0.4 is 15.2 Å². The lowest BCUT2D eigenvalue weighted by Crippen LogP contribution is -2.13. The summed E-state index contributed by atoms with van der Waals surface area (Å²) in [4.78, 5) is 15.5. The number of nitrogens with one attached hydrogen (secondary N) is 1. The van der Waals surface area contributed by atoms with E-state index in [2.05, 4.69) is 9.71 Å². The summed E-state index contributed by atoms with van der Waals surface area (Å²) in [6.07, 6.45) is 1.28. The number of ether oxygens (including phenoxy) is 1. The summed E-state index contributed by atoms with van der Waals surface area (Å²) in [5, 5.41) is 0. The molecule has 7 nitrogen and oxygen atoms in total. The lowest BCUT2D eigenvalue weighted by molar-refractivity contribution is -0.117. The second kappa shape index (κ2) is 7.72. The monoisotopic (exact) mass is 407 g/mol. The molecule has 2 heterocycles. The molecule has 0 bridgehead atoms. The quantitative estimate of drug-likeness (QED) is 0.626. The first-order valence-electron chi connectivity index (χ1n) is 7.61. The number of nitrogens with two attached hydrogens (primary N) is 1. The Kier molecular flexibility index (Phi) is 5.38. The number of pyridine rings is 1. The van der Waals surface area contributed by atoms with Gasteiger partial charge in [-0.3, -0.25) is 9.52 Å². The molecule has 3 aromatic rings. The number of sulfonamides is 1. The van der Waals surface area contributed by atoms with E-state index in [4.69, 9.17) is 10.5 Å². The highest BCUT2D eigenvalue weighted by atomic mass is 32.2. The van der Waals surface area contributed by atoms with Crippen molar-refractivity contribution in [1.82, 2.24) is 4.98 Å². The molecule has 3 N–H and O–H groups in total. The van der Waals surface area contributed by atoms with Crippen LogP contribution in [-0.4, -0.2) is 19.3 Å².